The third-order valence-electron chi connectivity index (χ3n) is 8.21. The lowest BCUT2D eigenvalue weighted by Crippen LogP contribution is -2.67. The summed E-state index contributed by atoms with van der Waals surface area (Å²) in [5, 5.41) is 0. The highest BCUT2D eigenvalue weighted by molar-refractivity contribution is 8.00. The molecule has 0 radical (unpaired) electrons. The van der Waals surface area contributed by atoms with Crippen LogP contribution >= 0.6 is 0 Å². The minimum Gasteiger partial charge on any atom is -0.223 e. The lowest BCUT2D eigenvalue weighted by atomic mass is 9.37. The van der Waals surface area contributed by atoms with Crippen molar-refractivity contribution >= 4 is 19.7 Å². The smallest absolute Gasteiger partial charge is 0.181 e. The number of hydrogen-bond donors (Lipinski definition) is 0. The molecule has 1 saturated carbocycles. The molecule has 0 unspecified atom stereocenters. The molecule has 2 atom stereocenters. The number of allylic oxidation sites excluding steroid dienone is 4. The van der Waals surface area contributed by atoms with Crippen LogP contribution in [0.4, 0.5) is 0 Å². The van der Waals surface area contributed by atoms with Gasteiger partial charge in [-0.3, -0.25) is 0 Å². The van der Waals surface area contributed by atoms with Crippen LogP contribution in [0, 0.1) is 10.8 Å². The van der Waals surface area contributed by atoms with Gasteiger partial charge < -0.3 is 0 Å². The third-order valence-corrected chi connectivity index (χ3v) is 13.7. The van der Waals surface area contributed by atoms with Gasteiger partial charge in [0.15, 0.2) is 19.7 Å². The summed E-state index contributed by atoms with van der Waals surface area (Å²) in [7, 11) is -7.52. The standard InChI is InChI=1S/C24H38O4S2/c1-21(2,3)29(25,26)19-20(30(27,28)22(4,5)6)24-16-12-8-11-15-23(19,24)17-13-9-7-10-14-18(17)24/h7-16H2,1-6H3/t23-,24+. The molecule has 4 nitrogen and oxygen atoms in total. The molecule has 170 valence electrons. The second-order valence-corrected chi connectivity index (χ2v) is 17.1. The van der Waals surface area contributed by atoms with Gasteiger partial charge in [-0.2, -0.15) is 0 Å². The minimum atomic E-state index is -3.76. The van der Waals surface area contributed by atoms with Crippen LogP contribution in [0.1, 0.15) is 106 Å². The molecule has 1 fully saturated rings. The van der Waals surface area contributed by atoms with E-state index in [4.69, 9.17) is 0 Å². The first-order chi connectivity index (χ1) is 13.7. The summed E-state index contributed by atoms with van der Waals surface area (Å²) < 4.78 is 53.9. The fourth-order valence-corrected chi connectivity index (χ4v) is 11.1. The van der Waals surface area contributed by atoms with Gasteiger partial charge in [0.25, 0.3) is 0 Å². The topological polar surface area (TPSA) is 68.3 Å². The zero-order valence-electron chi connectivity index (χ0n) is 19.5. The van der Waals surface area contributed by atoms with E-state index in [2.05, 4.69) is 0 Å². The van der Waals surface area contributed by atoms with E-state index in [1.807, 2.05) is 0 Å². The van der Waals surface area contributed by atoms with Crippen LogP contribution in [0.5, 0.6) is 0 Å². The first kappa shape index (κ1) is 22.6. The van der Waals surface area contributed by atoms with E-state index in [1.54, 1.807) is 41.5 Å². The average Bonchev–Trinajstić information content (AvgIpc) is 2.86. The Bertz CT molecular complexity index is 963. The minimum absolute atomic E-state index is 0.292. The van der Waals surface area contributed by atoms with Gasteiger partial charge in [0.2, 0.25) is 0 Å². The van der Waals surface area contributed by atoms with Crippen molar-refractivity contribution in [2.24, 2.45) is 10.8 Å². The molecule has 0 aliphatic heterocycles. The Labute approximate surface area is 183 Å². The Hall–Kier alpha value is -0.620. The maximum atomic E-state index is 14.0. The quantitative estimate of drug-likeness (QED) is 0.491. The van der Waals surface area contributed by atoms with E-state index in [1.165, 1.54) is 11.1 Å². The molecule has 0 saturated heterocycles. The predicted molar refractivity (Wildman–Crippen MR) is 122 cm³/mol. The summed E-state index contributed by atoms with van der Waals surface area (Å²) in [6, 6.07) is 0. The van der Waals surface area contributed by atoms with Gasteiger partial charge in [-0.1, -0.05) is 36.8 Å². The molecule has 0 amide bonds. The van der Waals surface area contributed by atoms with Crippen LogP contribution in [0.25, 0.3) is 0 Å². The Balaban J connectivity index is 2.11. The SMILES string of the molecule is CC(C)(C)S(=O)(=O)C1=C(S(=O)(=O)C(C)(C)C)[C@]23CCCCC[C@]12C1=C3CCCCC1. The number of sulfone groups is 2. The zero-order chi connectivity index (χ0) is 22.4. The van der Waals surface area contributed by atoms with Crippen molar-refractivity contribution in [3.05, 3.63) is 21.0 Å². The Morgan fingerprint density at radius 3 is 1.23 bits per heavy atom. The summed E-state index contributed by atoms with van der Waals surface area (Å²) in [6.07, 6.45) is 9.76. The van der Waals surface area contributed by atoms with Crippen molar-refractivity contribution in [1.82, 2.24) is 0 Å². The first-order valence-corrected chi connectivity index (χ1v) is 14.6. The number of hydrogen-bond acceptors (Lipinski definition) is 4. The van der Waals surface area contributed by atoms with Crippen molar-refractivity contribution in [3.63, 3.8) is 0 Å². The van der Waals surface area contributed by atoms with Crippen molar-refractivity contribution < 1.29 is 16.8 Å². The van der Waals surface area contributed by atoms with Gasteiger partial charge in [0.05, 0.1) is 19.3 Å². The Morgan fingerprint density at radius 1 is 0.567 bits per heavy atom. The third kappa shape index (κ3) is 2.44. The van der Waals surface area contributed by atoms with Gasteiger partial charge in [0, 0.05) is 10.8 Å². The largest absolute Gasteiger partial charge is 0.223 e. The molecule has 4 rings (SSSR count). The highest BCUT2D eigenvalue weighted by Gasteiger charge is 2.79. The molecule has 0 aromatic heterocycles. The first-order valence-electron chi connectivity index (χ1n) is 11.6. The van der Waals surface area contributed by atoms with E-state index in [9.17, 15) is 16.8 Å². The molecule has 0 aromatic carbocycles. The van der Waals surface area contributed by atoms with E-state index in [0.29, 0.717) is 9.81 Å². The Kier molecular flexibility index (Phi) is 4.86. The van der Waals surface area contributed by atoms with E-state index < -0.39 is 40.0 Å². The summed E-state index contributed by atoms with van der Waals surface area (Å²) in [4.78, 5) is 0.583. The summed E-state index contributed by atoms with van der Waals surface area (Å²) in [5.74, 6) is 0. The second-order valence-electron chi connectivity index (χ2n) is 11.8. The number of rotatable bonds is 2. The van der Waals surface area contributed by atoms with Crippen molar-refractivity contribution in [3.8, 4) is 0 Å². The van der Waals surface area contributed by atoms with Crippen molar-refractivity contribution in [2.45, 2.75) is 115 Å². The lowest BCUT2D eigenvalue weighted by Gasteiger charge is -2.70. The summed E-state index contributed by atoms with van der Waals surface area (Å²) in [6.45, 7) is 10.3. The lowest BCUT2D eigenvalue weighted by molar-refractivity contribution is 0.0885. The van der Waals surface area contributed by atoms with Crippen molar-refractivity contribution in [1.29, 1.82) is 0 Å². The van der Waals surface area contributed by atoms with Gasteiger partial charge in [-0.05, 0) is 80.1 Å². The van der Waals surface area contributed by atoms with Gasteiger partial charge >= 0.3 is 0 Å². The zero-order valence-corrected chi connectivity index (χ0v) is 21.2. The van der Waals surface area contributed by atoms with Crippen LogP contribution in [0.2, 0.25) is 0 Å². The average molecular weight is 455 g/mol. The summed E-state index contributed by atoms with van der Waals surface area (Å²) in [5.41, 5.74) is 1.50. The van der Waals surface area contributed by atoms with Crippen LogP contribution in [-0.4, -0.2) is 26.3 Å². The fraction of sp³-hybridized carbons (Fsp3) is 0.833. The fourth-order valence-electron chi connectivity index (χ4n) is 6.69. The molecule has 0 heterocycles. The van der Waals surface area contributed by atoms with Gasteiger partial charge in [-0.25, -0.2) is 16.8 Å². The maximum absolute atomic E-state index is 14.0. The van der Waals surface area contributed by atoms with Crippen molar-refractivity contribution in [2.75, 3.05) is 0 Å². The highest BCUT2D eigenvalue weighted by Crippen LogP contribution is 2.83. The van der Waals surface area contributed by atoms with Crippen LogP contribution < -0.4 is 0 Å². The van der Waals surface area contributed by atoms with E-state index >= 15 is 0 Å². The molecular formula is C24H38O4S2. The second kappa shape index (κ2) is 6.46. The van der Waals surface area contributed by atoms with Crippen LogP contribution in [-0.2, 0) is 19.7 Å². The van der Waals surface area contributed by atoms with Crippen LogP contribution in [0.15, 0.2) is 21.0 Å². The van der Waals surface area contributed by atoms with E-state index in [-0.39, 0.29) is 0 Å². The molecule has 0 N–H and O–H groups in total. The van der Waals surface area contributed by atoms with Gasteiger partial charge in [-0.15, -0.1) is 0 Å². The normalized spacial score (nSPS) is 32.9. The maximum Gasteiger partial charge on any atom is 0.181 e. The molecule has 0 aromatic rings. The highest BCUT2D eigenvalue weighted by atomic mass is 32.2. The molecule has 0 bridgehead atoms. The predicted octanol–water partition coefficient (Wildman–Crippen LogP) is 5.85. The molecule has 4 aliphatic carbocycles. The van der Waals surface area contributed by atoms with Gasteiger partial charge in [0.1, 0.15) is 0 Å². The molecule has 0 spiro atoms. The molecule has 6 heteroatoms. The van der Waals surface area contributed by atoms with E-state index in [0.717, 1.165) is 64.2 Å². The molecular weight excluding hydrogens is 416 g/mol. The molecule has 4 aliphatic rings. The summed E-state index contributed by atoms with van der Waals surface area (Å²) >= 11 is 0. The van der Waals surface area contributed by atoms with Crippen LogP contribution in [0.3, 0.4) is 0 Å². The Morgan fingerprint density at radius 2 is 0.900 bits per heavy atom. The monoisotopic (exact) mass is 454 g/mol. The molecule has 30 heavy (non-hydrogen) atoms.